The van der Waals surface area contributed by atoms with Crippen molar-refractivity contribution >= 4 is 23.1 Å². The van der Waals surface area contributed by atoms with Gasteiger partial charge in [0.1, 0.15) is 6.29 Å². The zero-order valence-corrected chi connectivity index (χ0v) is 22.0. The van der Waals surface area contributed by atoms with Gasteiger partial charge in [0.25, 0.3) is 0 Å². The molecule has 0 aliphatic carbocycles. The van der Waals surface area contributed by atoms with Crippen molar-refractivity contribution in [2.75, 3.05) is 13.6 Å². The van der Waals surface area contributed by atoms with Gasteiger partial charge < -0.3 is 15.1 Å². The third kappa shape index (κ3) is 11.7. The molecule has 0 bridgehead atoms. The van der Waals surface area contributed by atoms with Crippen LogP contribution in [0.2, 0.25) is 0 Å². The highest BCUT2D eigenvalue weighted by Crippen LogP contribution is 2.19. The van der Waals surface area contributed by atoms with E-state index in [1.807, 2.05) is 112 Å². The number of aldehydes is 1. The fourth-order valence-corrected chi connectivity index (χ4v) is 3.02. The number of para-hydroxylation sites is 1. The monoisotopic (exact) mass is 435 g/mol. The lowest BCUT2D eigenvalue weighted by molar-refractivity contribution is -0.121. The minimum atomic E-state index is -0.0802. The molecule has 1 aromatic carbocycles. The van der Waals surface area contributed by atoms with E-state index < -0.39 is 0 Å². The maximum absolute atomic E-state index is 12.2. The molecule has 1 saturated heterocycles. The van der Waals surface area contributed by atoms with Gasteiger partial charge in [-0.2, -0.15) is 0 Å². The predicted molar refractivity (Wildman–Crippen MR) is 138 cm³/mol. The Bertz CT molecular complexity index is 667. The topological polar surface area (TPSA) is 65.2 Å². The second kappa shape index (κ2) is 22.5. The summed E-state index contributed by atoms with van der Waals surface area (Å²) in [5.41, 5.74) is 2.04. The smallest absolute Gasteiger partial charge is 0.224 e. The number of aromatic nitrogens is 1. The summed E-state index contributed by atoms with van der Waals surface area (Å²) < 4.78 is 0. The van der Waals surface area contributed by atoms with Crippen LogP contribution in [0.5, 0.6) is 0 Å². The number of likely N-dealkylation sites (tertiary alicyclic amines) is 1. The van der Waals surface area contributed by atoms with Gasteiger partial charge in [-0.15, -0.1) is 0 Å². The van der Waals surface area contributed by atoms with Gasteiger partial charge in [-0.05, 0) is 25.1 Å². The quantitative estimate of drug-likeness (QED) is 0.560. The van der Waals surface area contributed by atoms with E-state index in [2.05, 4.69) is 10.3 Å². The molecule has 1 aliphatic rings. The number of benzene rings is 1. The second-order valence-corrected chi connectivity index (χ2v) is 5.68. The minimum Gasteiger partial charge on any atom is -0.361 e. The number of amides is 1. The first-order valence-corrected chi connectivity index (χ1v) is 12.2. The molecule has 2 heterocycles. The number of H-pyrrole nitrogens is 1. The number of likely N-dealkylation sites (N-methyl/N-ethyl adjacent to an activating group) is 1. The molecule has 1 amide bonds. The molecule has 1 fully saturated rings. The van der Waals surface area contributed by atoms with Gasteiger partial charge in [0.15, 0.2) is 0 Å². The van der Waals surface area contributed by atoms with Crippen molar-refractivity contribution in [3.8, 4) is 0 Å². The van der Waals surface area contributed by atoms with Crippen molar-refractivity contribution in [2.24, 2.45) is 0 Å². The van der Waals surface area contributed by atoms with Gasteiger partial charge in [0.2, 0.25) is 5.91 Å². The highest BCUT2D eigenvalue weighted by molar-refractivity contribution is 5.89. The van der Waals surface area contributed by atoms with Crippen LogP contribution in [0.4, 0.5) is 0 Å². The van der Waals surface area contributed by atoms with Crippen LogP contribution in [0.1, 0.15) is 81.2 Å². The SMILES string of the molecule is CC.CC.CC.CC.CC.CN1C[C@H](NC(=O)Cc2c[nH]c3ccccc23)C[C@@H]1C=O. The van der Waals surface area contributed by atoms with Crippen molar-refractivity contribution in [1.82, 2.24) is 15.2 Å². The third-order valence-corrected chi connectivity index (χ3v) is 4.15. The number of carbonyl (C=O) groups is 2. The molecule has 2 atom stereocenters. The van der Waals surface area contributed by atoms with Crippen molar-refractivity contribution in [2.45, 2.75) is 94.2 Å². The van der Waals surface area contributed by atoms with E-state index in [1.165, 1.54) is 0 Å². The Kier molecular flexibility index (Phi) is 24.4. The lowest BCUT2D eigenvalue weighted by Crippen LogP contribution is -2.37. The van der Waals surface area contributed by atoms with Crippen LogP contribution in [0.3, 0.4) is 0 Å². The first kappa shape index (κ1) is 33.5. The van der Waals surface area contributed by atoms with E-state index in [1.54, 1.807) is 0 Å². The molecular formula is C26H49N3O2. The van der Waals surface area contributed by atoms with Gasteiger partial charge in [-0.25, -0.2) is 0 Å². The van der Waals surface area contributed by atoms with Gasteiger partial charge in [0.05, 0.1) is 12.5 Å². The van der Waals surface area contributed by atoms with E-state index >= 15 is 0 Å². The Morgan fingerprint density at radius 1 is 1.03 bits per heavy atom. The fourth-order valence-electron chi connectivity index (χ4n) is 3.02. The van der Waals surface area contributed by atoms with Crippen molar-refractivity contribution in [1.29, 1.82) is 0 Å². The third-order valence-electron chi connectivity index (χ3n) is 4.15. The number of nitrogens with zero attached hydrogens (tertiary/aromatic N) is 1. The Morgan fingerprint density at radius 3 is 2.10 bits per heavy atom. The largest absolute Gasteiger partial charge is 0.361 e. The number of nitrogens with one attached hydrogen (secondary N) is 2. The van der Waals surface area contributed by atoms with E-state index in [9.17, 15) is 9.59 Å². The Morgan fingerprint density at radius 2 is 1.58 bits per heavy atom. The lowest BCUT2D eigenvalue weighted by Gasteiger charge is -2.12. The molecule has 1 aromatic heterocycles. The van der Waals surface area contributed by atoms with Crippen molar-refractivity contribution < 1.29 is 9.59 Å². The molecule has 3 rings (SSSR count). The summed E-state index contributed by atoms with van der Waals surface area (Å²) in [4.78, 5) is 28.2. The first-order valence-electron chi connectivity index (χ1n) is 12.2. The molecule has 0 unspecified atom stereocenters. The van der Waals surface area contributed by atoms with Crippen molar-refractivity contribution in [3.63, 3.8) is 0 Å². The van der Waals surface area contributed by atoms with Crippen LogP contribution in [0.25, 0.3) is 10.9 Å². The number of carbonyl (C=O) groups excluding carboxylic acids is 2. The fraction of sp³-hybridized carbons (Fsp3) is 0.615. The van der Waals surface area contributed by atoms with Crippen LogP contribution in [-0.4, -0.2) is 47.8 Å². The highest BCUT2D eigenvalue weighted by atomic mass is 16.1. The zero-order valence-electron chi connectivity index (χ0n) is 22.0. The molecule has 180 valence electrons. The maximum atomic E-state index is 12.2. The van der Waals surface area contributed by atoms with E-state index in [4.69, 9.17) is 0 Å². The molecule has 1 aliphatic heterocycles. The molecular weight excluding hydrogens is 386 g/mol. The highest BCUT2D eigenvalue weighted by Gasteiger charge is 2.29. The van der Waals surface area contributed by atoms with E-state index in [-0.39, 0.29) is 18.0 Å². The van der Waals surface area contributed by atoms with Crippen LogP contribution < -0.4 is 5.32 Å². The van der Waals surface area contributed by atoms with Gasteiger partial charge in [-0.3, -0.25) is 9.69 Å². The lowest BCUT2D eigenvalue weighted by atomic mass is 10.1. The molecule has 0 saturated carbocycles. The van der Waals surface area contributed by atoms with Crippen molar-refractivity contribution in [3.05, 3.63) is 36.0 Å². The second-order valence-electron chi connectivity index (χ2n) is 5.68. The summed E-state index contributed by atoms with van der Waals surface area (Å²) in [6.07, 6.45) is 3.89. The molecule has 0 radical (unpaired) electrons. The van der Waals surface area contributed by atoms with Gasteiger partial charge in [0, 0.05) is 29.7 Å². The summed E-state index contributed by atoms with van der Waals surface area (Å²) in [6, 6.07) is 7.93. The maximum Gasteiger partial charge on any atom is 0.224 e. The average Bonchev–Trinajstić information content (AvgIpc) is 3.43. The van der Waals surface area contributed by atoms with Crippen LogP contribution >= 0.6 is 0 Å². The summed E-state index contributed by atoms with van der Waals surface area (Å²) >= 11 is 0. The van der Waals surface area contributed by atoms with Crippen LogP contribution in [0.15, 0.2) is 30.5 Å². The molecule has 2 N–H and O–H groups in total. The Hall–Kier alpha value is -2.14. The Labute approximate surface area is 192 Å². The number of hydrogen-bond acceptors (Lipinski definition) is 3. The molecule has 31 heavy (non-hydrogen) atoms. The number of rotatable bonds is 4. The standard InChI is InChI=1S/C16H19N3O2.5C2H6/c1-19-9-12(7-13(19)10-20)18-16(21)6-11-8-17-15-5-3-2-4-14(11)15;5*1-2/h2-5,8,10,12-13,17H,6-7,9H2,1H3,(H,18,21);5*1-2H3/t12-,13-;;;;;/m1...../s1. The number of fused-ring (bicyclic) bond motifs is 1. The van der Waals surface area contributed by atoms with Gasteiger partial charge in [-0.1, -0.05) is 87.4 Å². The average molecular weight is 436 g/mol. The summed E-state index contributed by atoms with van der Waals surface area (Å²) in [6.45, 7) is 20.7. The van der Waals surface area contributed by atoms with E-state index in [0.29, 0.717) is 12.8 Å². The van der Waals surface area contributed by atoms with Crippen LogP contribution in [0, 0.1) is 0 Å². The normalized spacial score (nSPS) is 16.2. The predicted octanol–water partition coefficient (Wildman–Crippen LogP) is 6.23. The minimum absolute atomic E-state index is 0.00435. The zero-order chi connectivity index (χ0) is 24.8. The first-order chi connectivity index (χ1) is 15.2. The summed E-state index contributed by atoms with van der Waals surface area (Å²) in [5.74, 6) is 0.00435. The molecule has 5 nitrogen and oxygen atoms in total. The van der Waals surface area contributed by atoms with E-state index in [0.717, 1.165) is 29.3 Å². The molecule has 5 heteroatoms. The van der Waals surface area contributed by atoms with Gasteiger partial charge >= 0.3 is 0 Å². The number of hydrogen-bond donors (Lipinski definition) is 2. The Balaban J connectivity index is -0.000000692. The summed E-state index contributed by atoms with van der Waals surface area (Å²) in [7, 11) is 1.91. The van der Waals surface area contributed by atoms with Crippen LogP contribution in [-0.2, 0) is 16.0 Å². The summed E-state index contributed by atoms with van der Waals surface area (Å²) in [5, 5.41) is 4.11. The molecule has 0 spiro atoms. The number of aromatic amines is 1. The molecule has 2 aromatic rings.